The summed E-state index contributed by atoms with van der Waals surface area (Å²) < 4.78 is 6.90. The van der Waals surface area contributed by atoms with Gasteiger partial charge in [-0.2, -0.15) is 0 Å². The summed E-state index contributed by atoms with van der Waals surface area (Å²) in [5.41, 5.74) is 6.10. The molecule has 2 heterocycles. The van der Waals surface area contributed by atoms with Crippen LogP contribution in [0.15, 0.2) is 16.6 Å². The Labute approximate surface area is 122 Å². The Morgan fingerprint density at radius 1 is 1.26 bits per heavy atom. The molecule has 3 rings (SSSR count). The van der Waals surface area contributed by atoms with Gasteiger partial charge in [-0.15, -0.1) is 0 Å². The third kappa shape index (κ3) is 3.11. The van der Waals surface area contributed by atoms with Crippen LogP contribution in [0.1, 0.15) is 11.1 Å². The second-order valence-electron chi connectivity index (χ2n) is 5.28. The molecule has 0 bridgehead atoms. The molecule has 2 aliphatic heterocycles. The molecule has 0 radical (unpaired) electrons. The van der Waals surface area contributed by atoms with Gasteiger partial charge < -0.3 is 9.64 Å². The number of hydrogen-bond donors (Lipinski definition) is 1. The number of nitrogens with zero attached hydrogens (tertiary/aromatic N) is 2. The Balaban J connectivity index is 1.64. The zero-order chi connectivity index (χ0) is 13.2. The van der Waals surface area contributed by atoms with Gasteiger partial charge >= 0.3 is 0 Å². The SMILES string of the molecule is CN1CCN(NCc2cc(Br)cc3c2OCC3)CC1. The molecule has 104 valence electrons. The predicted molar refractivity (Wildman–Crippen MR) is 79.3 cm³/mol. The van der Waals surface area contributed by atoms with Crippen molar-refractivity contribution >= 4 is 15.9 Å². The second kappa shape index (κ2) is 5.79. The Kier molecular flexibility index (Phi) is 4.07. The molecule has 0 aliphatic carbocycles. The third-order valence-electron chi connectivity index (χ3n) is 3.82. The van der Waals surface area contributed by atoms with Crippen LogP contribution in [-0.4, -0.2) is 49.7 Å². The van der Waals surface area contributed by atoms with Gasteiger partial charge in [0.25, 0.3) is 0 Å². The molecule has 0 unspecified atom stereocenters. The summed E-state index contributed by atoms with van der Waals surface area (Å²) in [6, 6.07) is 4.33. The molecule has 0 amide bonds. The molecule has 0 spiro atoms. The lowest BCUT2D eigenvalue weighted by molar-refractivity contribution is 0.102. The Morgan fingerprint density at radius 3 is 2.84 bits per heavy atom. The molecular weight excluding hydrogens is 306 g/mol. The van der Waals surface area contributed by atoms with Crippen LogP contribution in [0.3, 0.4) is 0 Å². The van der Waals surface area contributed by atoms with Gasteiger partial charge in [0.05, 0.1) is 6.61 Å². The van der Waals surface area contributed by atoms with Crippen LogP contribution in [0.5, 0.6) is 5.75 Å². The first-order valence-electron chi connectivity index (χ1n) is 6.83. The summed E-state index contributed by atoms with van der Waals surface area (Å²) in [5, 5.41) is 2.31. The van der Waals surface area contributed by atoms with Crippen LogP contribution in [0, 0.1) is 0 Å². The maximum absolute atomic E-state index is 5.75. The zero-order valence-electron chi connectivity index (χ0n) is 11.3. The Morgan fingerprint density at radius 2 is 2.05 bits per heavy atom. The highest BCUT2D eigenvalue weighted by molar-refractivity contribution is 9.10. The number of hydrogen-bond acceptors (Lipinski definition) is 4. The lowest BCUT2D eigenvalue weighted by Gasteiger charge is -2.32. The minimum Gasteiger partial charge on any atom is -0.493 e. The quantitative estimate of drug-likeness (QED) is 0.914. The van der Waals surface area contributed by atoms with E-state index in [1.54, 1.807) is 0 Å². The van der Waals surface area contributed by atoms with E-state index in [1.807, 2.05) is 0 Å². The van der Waals surface area contributed by atoms with Crippen molar-refractivity contribution in [1.29, 1.82) is 0 Å². The Hall–Kier alpha value is -0.620. The minimum atomic E-state index is 0.813. The van der Waals surface area contributed by atoms with Crippen molar-refractivity contribution in [3.8, 4) is 5.75 Å². The highest BCUT2D eigenvalue weighted by atomic mass is 79.9. The fourth-order valence-corrected chi connectivity index (χ4v) is 3.19. The van der Waals surface area contributed by atoms with Gasteiger partial charge in [0.2, 0.25) is 0 Å². The maximum Gasteiger partial charge on any atom is 0.127 e. The number of halogens is 1. The summed E-state index contributed by atoms with van der Waals surface area (Å²) >= 11 is 3.59. The summed E-state index contributed by atoms with van der Waals surface area (Å²) in [4.78, 5) is 2.36. The van der Waals surface area contributed by atoms with Crippen molar-refractivity contribution in [2.24, 2.45) is 0 Å². The largest absolute Gasteiger partial charge is 0.493 e. The van der Waals surface area contributed by atoms with Crippen molar-refractivity contribution in [3.05, 3.63) is 27.7 Å². The van der Waals surface area contributed by atoms with Gasteiger partial charge in [0.1, 0.15) is 5.75 Å². The maximum atomic E-state index is 5.75. The van der Waals surface area contributed by atoms with Gasteiger partial charge in [-0.05, 0) is 24.7 Å². The van der Waals surface area contributed by atoms with Crippen LogP contribution in [-0.2, 0) is 13.0 Å². The number of benzene rings is 1. The smallest absolute Gasteiger partial charge is 0.127 e. The van der Waals surface area contributed by atoms with E-state index in [1.165, 1.54) is 11.1 Å². The fraction of sp³-hybridized carbons (Fsp3) is 0.571. The number of ether oxygens (including phenoxy) is 1. The average molecular weight is 326 g/mol. The van der Waals surface area contributed by atoms with Crippen LogP contribution in [0.2, 0.25) is 0 Å². The van der Waals surface area contributed by atoms with Gasteiger partial charge in [0, 0.05) is 49.2 Å². The summed E-state index contributed by atoms with van der Waals surface area (Å²) in [6.45, 7) is 6.06. The van der Waals surface area contributed by atoms with Crippen molar-refractivity contribution < 1.29 is 4.74 Å². The standard InChI is InChI=1S/C14H20BrN3O/c1-17-3-5-18(6-4-17)16-10-12-9-13(15)8-11-2-7-19-14(11)12/h8-9,16H,2-7,10H2,1H3. The van der Waals surface area contributed by atoms with Gasteiger partial charge in [-0.3, -0.25) is 5.43 Å². The summed E-state index contributed by atoms with van der Waals surface area (Å²) in [5.74, 6) is 1.09. The molecule has 2 aliphatic rings. The third-order valence-corrected chi connectivity index (χ3v) is 4.28. The number of fused-ring (bicyclic) bond motifs is 1. The van der Waals surface area contributed by atoms with Crippen molar-refractivity contribution in [3.63, 3.8) is 0 Å². The van der Waals surface area contributed by atoms with Gasteiger partial charge in [-0.1, -0.05) is 15.9 Å². The number of piperazine rings is 1. The van der Waals surface area contributed by atoms with Gasteiger partial charge in [0.15, 0.2) is 0 Å². The Bertz CT molecular complexity index is 458. The topological polar surface area (TPSA) is 27.7 Å². The first-order valence-corrected chi connectivity index (χ1v) is 7.63. The lowest BCUT2D eigenvalue weighted by atomic mass is 10.1. The lowest BCUT2D eigenvalue weighted by Crippen LogP contribution is -2.50. The molecule has 5 heteroatoms. The highest BCUT2D eigenvalue weighted by Crippen LogP contribution is 2.32. The van der Waals surface area contributed by atoms with Crippen molar-refractivity contribution in [2.45, 2.75) is 13.0 Å². The predicted octanol–water partition coefficient (Wildman–Crippen LogP) is 1.64. The number of likely N-dealkylation sites (N-methyl/N-ethyl adjacent to an activating group) is 1. The molecule has 0 aromatic heterocycles. The molecular formula is C14H20BrN3O. The molecule has 0 saturated carbocycles. The average Bonchev–Trinajstić information content (AvgIpc) is 2.85. The van der Waals surface area contributed by atoms with Crippen LogP contribution in [0.25, 0.3) is 0 Å². The number of rotatable bonds is 3. The van der Waals surface area contributed by atoms with E-state index in [9.17, 15) is 0 Å². The van der Waals surface area contributed by atoms with Crippen LogP contribution in [0.4, 0.5) is 0 Å². The second-order valence-corrected chi connectivity index (χ2v) is 6.19. The van der Waals surface area contributed by atoms with E-state index >= 15 is 0 Å². The summed E-state index contributed by atoms with van der Waals surface area (Å²) in [6.07, 6.45) is 1.02. The molecule has 4 nitrogen and oxygen atoms in total. The molecule has 1 fully saturated rings. The molecule has 1 aromatic carbocycles. The molecule has 1 aromatic rings. The van der Waals surface area contributed by atoms with Gasteiger partial charge in [-0.25, -0.2) is 5.01 Å². The van der Waals surface area contributed by atoms with E-state index in [-0.39, 0.29) is 0 Å². The molecule has 1 N–H and O–H groups in total. The molecule has 1 saturated heterocycles. The number of nitrogens with one attached hydrogen (secondary N) is 1. The van der Waals surface area contributed by atoms with E-state index in [2.05, 4.69) is 50.4 Å². The first-order chi connectivity index (χ1) is 9.22. The van der Waals surface area contributed by atoms with Crippen LogP contribution >= 0.6 is 15.9 Å². The van der Waals surface area contributed by atoms with E-state index in [0.29, 0.717) is 0 Å². The zero-order valence-corrected chi connectivity index (χ0v) is 12.9. The van der Waals surface area contributed by atoms with Crippen LogP contribution < -0.4 is 10.2 Å². The fourth-order valence-electron chi connectivity index (χ4n) is 2.64. The highest BCUT2D eigenvalue weighted by Gasteiger charge is 2.19. The molecule has 0 atom stereocenters. The van der Waals surface area contributed by atoms with E-state index in [4.69, 9.17) is 4.74 Å². The molecule has 19 heavy (non-hydrogen) atoms. The first kappa shape index (κ1) is 13.4. The normalized spacial score (nSPS) is 20.3. The van der Waals surface area contributed by atoms with E-state index < -0.39 is 0 Å². The minimum absolute atomic E-state index is 0.813. The number of hydrazine groups is 1. The monoisotopic (exact) mass is 325 g/mol. The van der Waals surface area contributed by atoms with Crippen molar-refractivity contribution in [1.82, 2.24) is 15.3 Å². The van der Waals surface area contributed by atoms with Crippen molar-refractivity contribution in [2.75, 3.05) is 39.8 Å². The van der Waals surface area contributed by atoms with E-state index in [0.717, 1.165) is 56.0 Å². The summed E-state index contributed by atoms with van der Waals surface area (Å²) in [7, 11) is 2.17.